The Kier molecular flexibility index (Phi) is 5.69. The number of carbonyl (C=O) groups excluding carboxylic acids is 1. The Labute approximate surface area is 152 Å². The number of pyridine rings is 2. The maximum absolute atomic E-state index is 13.3. The van der Waals surface area contributed by atoms with E-state index in [-0.39, 0.29) is 11.7 Å². The van der Waals surface area contributed by atoms with Crippen molar-refractivity contribution in [3.63, 3.8) is 0 Å². The lowest BCUT2D eigenvalue weighted by molar-refractivity contribution is -0.130. The third-order valence-corrected chi connectivity index (χ3v) is 4.30. The van der Waals surface area contributed by atoms with Crippen LogP contribution in [-0.4, -0.2) is 34.4 Å². The largest absolute Gasteiger partial charge is 0.345 e. The van der Waals surface area contributed by atoms with Crippen LogP contribution < -0.4 is 0 Å². The summed E-state index contributed by atoms with van der Waals surface area (Å²) in [5.41, 5.74) is 2.50. The van der Waals surface area contributed by atoms with E-state index in [0.29, 0.717) is 12.2 Å². The first-order chi connectivity index (χ1) is 12.6. The molecule has 5 heteroatoms. The van der Waals surface area contributed by atoms with Gasteiger partial charge < -0.3 is 4.90 Å². The minimum absolute atomic E-state index is 0.0654. The molecule has 0 fully saturated rings. The Bertz CT molecular complexity index is 838. The van der Waals surface area contributed by atoms with Crippen molar-refractivity contribution in [2.24, 2.45) is 0 Å². The molecule has 1 unspecified atom stereocenters. The van der Waals surface area contributed by atoms with E-state index in [1.54, 1.807) is 42.7 Å². The molecule has 4 nitrogen and oxygen atoms in total. The molecule has 0 aliphatic rings. The number of nitrogens with zero attached hydrogens (tertiary/aromatic N) is 3. The van der Waals surface area contributed by atoms with Crippen LogP contribution in [0, 0.1) is 5.82 Å². The maximum atomic E-state index is 13.3. The van der Waals surface area contributed by atoms with Crippen LogP contribution in [0.1, 0.15) is 22.7 Å². The molecule has 132 valence electrons. The first kappa shape index (κ1) is 17.7. The van der Waals surface area contributed by atoms with Gasteiger partial charge in [-0.15, -0.1) is 0 Å². The molecule has 0 N–H and O–H groups in total. The van der Waals surface area contributed by atoms with Crippen molar-refractivity contribution in [2.75, 3.05) is 13.6 Å². The van der Waals surface area contributed by atoms with Gasteiger partial charge in [-0.1, -0.05) is 18.2 Å². The summed E-state index contributed by atoms with van der Waals surface area (Å²) in [5, 5.41) is 0. The molecule has 0 saturated carbocycles. The lowest BCUT2D eigenvalue weighted by Crippen LogP contribution is -2.34. The van der Waals surface area contributed by atoms with E-state index in [2.05, 4.69) is 9.97 Å². The van der Waals surface area contributed by atoms with Crippen LogP contribution in [-0.2, 0) is 11.2 Å². The molecule has 0 radical (unpaired) electrons. The quantitative estimate of drug-likeness (QED) is 0.685. The third kappa shape index (κ3) is 4.30. The van der Waals surface area contributed by atoms with Crippen molar-refractivity contribution in [1.82, 2.24) is 14.9 Å². The molecular formula is C21H20FN3O. The number of aromatic nitrogens is 2. The van der Waals surface area contributed by atoms with Crippen LogP contribution >= 0.6 is 0 Å². The van der Waals surface area contributed by atoms with Gasteiger partial charge in [0.05, 0.1) is 5.69 Å². The molecule has 1 aromatic carbocycles. The second kappa shape index (κ2) is 8.34. The number of hydrogen-bond acceptors (Lipinski definition) is 3. The summed E-state index contributed by atoms with van der Waals surface area (Å²) in [6, 6.07) is 15.4. The molecule has 26 heavy (non-hydrogen) atoms. The highest BCUT2D eigenvalue weighted by atomic mass is 19.1. The summed E-state index contributed by atoms with van der Waals surface area (Å²) in [6.45, 7) is 0.577. The molecule has 1 amide bonds. The number of hydrogen-bond donors (Lipinski definition) is 0. The third-order valence-electron chi connectivity index (χ3n) is 4.30. The molecule has 0 spiro atoms. The van der Waals surface area contributed by atoms with Crippen LogP contribution in [0.25, 0.3) is 0 Å². The molecule has 0 bridgehead atoms. The van der Waals surface area contributed by atoms with Gasteiger partial charge in [-0.25, -0.2) is 4.39 Å². The molecule has 2 aromatic heterocycles. The monoisotopic (exact) mass is 349 g/mol. The topological polar surface area (TPSA) is 46.1 Å². The van der Waals surface area contributed by atoms with Crippen molar-refractivity contribution in [1.29, 1.82) is 0 Å². The van der Waals surface area contributed by atoms with Crippen LogP contribution in [0.5, 0.6) is 0 Å². The number of likely N-dealkylation sites (N-methyl/N-ethyl adjacent to an activating group) is 1. The Hall–Kier alpha value is -3.08. The minimum atomic E-state index is -0.556. The first-order valence-electron chi connectivity index (χ1n) is 8.45. The van der Waals surface area contributed by atoms with Crippen molar-refractivity contribution >= 4 is 5.91 Å². The average molecular weight is 349 g/mol. The first-order valence-corrected chi connectivity index (χ1v) is 8.45. The SMILES string of the molecule is CN(CCc1ccncc1)C(=O)C(c1ccc(F)cc1)c1ccccn1. The number of rotatable bonds is 6. The smallest absolute Gasteiger partial charge is 0.235 e. The molecule has 1 atom stereocenters. The summed E-state index contributed by atoms with van der Waals surface area (Å²) < 4.78 is 13.3. The Morgan fingerprint density at radius 3 is 2.42 bits per heavy atom. The molecule has 2 heterocycles. The van der Waals surface area contributed by atoms with Crippen LogP contribution in [0.3, 0.4) is 0 Å². The fourth-order valence-electron chi connectivity index (χ4n) is 2.82. The summed E-state index contributed by atoms with van der Waals surface area (Å²) in [6.07, 6.45) is 5.89. The zero-order valence-electron chi connectivity index (χ0n) is 14.5. The summed E-state index contributed by atoms with van der Waals surface area (Å²) in [5.74, 6) is -0.949. The summed E-state index contributed by atoms with van der Waals surface area (Å²) in [4.78, 5) is 23.2. The molecule has 3 aromatic rings. The minimum Gasteiger partial charge on any atom is -0.345 e. The van der Waals surface area contributed by atoms with Gasteiger partial charge >= 0.3 is 0 Å². The maximum Gasteiger partial charge on any atom is 0.235 e. The number of halogens is 1. The van der Waals surface area contributed by atoms with E-state index in [0.717, 1.165) is 17.5 Å². The van der Waals surface area contributed by atoms with Crippen LogP contribution in [0.15, 0.2) is 73.2 Å². The molecule has 0 aliphatic heterocycles. The van der Waals surface area contributed by atoms with E-state index in [1.807, 2.05) is 30.3 Å². The highest BCUT2D eigenvalue weighted by Gasteiger charge is 2.26. The summed E-state index contributed by atoms with van der Waals surface area (Å²) in [7, 11) is 1.78. The lowest BCUT2D eigenvalue weighted by Gasteiger charge is -2.24. The van der Waals surface area contributed by atoms with E-state index < -0.39 is 5.92 Å². The van der Waals surface area contributed by atoms with E-state index in [4.69, 9.17) is 0 Å². The van der Waals surface area contributed by atoms with Gasteiger partial charge in [-0.3, -0.25) is 14.8 Å². The number of carbonyl (C=O) groups is 1. The summed E-state index contributed by atoms with van der Waals surface area (Å²) >= 11 is 0. The van der Waals surface area contributed by atoms with Gasteiger partial charge in [0.1, 0.15) is 11.7 Å². The normalized spacial score (nSPS) is 11.8. The number of benzene rings is 1. The average Bonchev–Trinajstić information content (AvgIpc) is 2.69. The lowest BCUT2D eigenvalue weighted by atomic mass is 9.93. The van der Waals surface area contributed by atoms with Crippen molar-refractivity contribution in [3.05, 3.63) is 95.8 Å². The zero-order valence-corrected chi connectivity index (χ0v) is 14.5. The van der Waals surface area contributed by atoms with Gasteiger partial charge in [-0.2, -0.15) is 0 Å². The Morgan fingerprint density at radius 1 is 1.04 bits per heavy atom. The van der Waals surface area contributed by atoms with Crippen molar-refractivity contribution < 1.29 is 9.18 Å². The molecule has 0 saturated heterocycles. The van der Waals surface area contributed by atoms with Gasteiger partial charge in [0, 0.05) is 32.2 Å². The van der Waals surface area contributed by atoms with Gasteiger partial charge in [-0.05, 0) is 53.9 Å². The predicted octanol–water partition coefficient (Wildman–Crippen LogP) is 3.45. The van der Waals surface area contributed by atoms with Gasteiger partial charge in [0.25, 0.3) is 0 Å². The van der Waals surface area contributed by atoms with Crippen molar-refractivity contribution in [2.45, 2.75) is 12.3 Å². The number of amides is 1. The highest BCUT2D eigenvalue weighted by Crippen LogP contribution is 2.25. The predicted molar refractivity (Wildman–Crippen MR) is 98.1 cm³/mol. The second-order valence-corrected chi connectivity index (χ2v) is 6.10. The van der Waals surface area contributed by atoms with Crippen LogP contribution in [0.2, 0.25) is 0 Å². The highest BCUT2D eigenvalue weighted by molar-refractivity contribution is 5.86. The standard InChI is InChI=1S/C21H20FN3O/c1-25(15-11-16-9-13-23-14-10-16)21(26)20(19-4-2-3-12-24-19)17-5-7-18(22)8-6-17/h2-10,12-14,20H,11,15H2,1H3. The van der Waals surface area contributed by atoms with E-state index >= 15 is 0 Å². The van der Waals surface area contributed by atoms with Crippen molar-refractivity contribution in [3.8, 4) is 0 Å². The van der Waals surface area contributed by atoms with E-state index in [9.17, 15) is 9.18 Å². The van der Waals surface area contributed by atoms with E-state index in [1.165, 1.54) is 12.1 Å². The zero-order chi connectivity index (χ0) is 18.4. The molecular weight excluding hydrogens is 329 g/mol. The van der Waals surface area contributed by atoms with Gasteiger partial charge in [0.15, 0.2) is 0 Å². The second-order valence-electron chi connectivity index (χ2n) is 6.10. The molecule has 3 rings (SSSR count). The molecule has 0 aliphatic carbocycles. The fourth-order valence-corrected chi connectivity index (χ4v) is 2.82. The fraction of sp³-hybridized carbons (Fsp3) is 0.190. The Balaban J connectivity index is 1.81. The Morgan fingerprint density at radius 2 is 1.77 bits per heavy atom. The van der Waals surface area contributed by atoms with Gasteiger partial charge in [0.2, 0.25) is 5.91 Å². The van der Waals surface area contributed by atoms with Crippen LogP contribution in [0.4, 0.5) is 4.39 Å².